The van der Waals surface area contributed by atoms with Gasteiger partial charge in [-0.05, 0) is 74.0 Å². The molecule has 10 nitrogen and oxygen atoms in total. The second-order valence-corrected chi connectivity index (χ2v) is 11.5. The molecule has 3 aromatic rings. The van der Waals surface area contributed by atoms with Crippen LogP contribution >= 0.6 is 0 Å². The van der Waals surface area contributed by atoms with Gasteiger partial charge in [-0.25, -0.2) is 4.39 Å². The van der Waals surface area contributed by atoms with Crippen LogP contribution in [0.3, 0.4) is 0 Å². The minimum Gasteiger partial charge on any atom is -0.369 e. The van der Waals surface area contributed by atoms with Gasteiger partial charge in [0.1, 0.15) is 18.5 Å². The van der Waals surface area contributed by atoms with E-state index < -0.39 is 18.0 Å². The molecule has 2 unspecified atom stereocenters. The summed E-state index contributed by atoms with van der Waals surface area (Å²) in [5, 5.41) is 8.98. The van der Waals surface area contributed by atoms with Crippen LogP contribution in [0.5, 0.6) is 0 Å². The number of rotatable bonds is 19. The molecule has 0 aliphatic carbocycles. The number of likely N-dealkylation sites (N-methyl/N-ethyl adjacent to an activating group) is 1. The number of carbonyl (C=O) groups excluding carboxylic acids is 3. The van der Waals surface area contributed by atoms with Gasteiger partial charge in [-0.15, -0.1) is 0 Å². The molecule has 3 amide bonds. The van der Waals surface area contributed by atoms with Crippen LogP contribution in [0.15, 0.2) is 48.7 Å². The highest BCUT2D eigenvalue weighted by molar-refractivity contribution is 5.91. The van der Waals surface area contributed by atoms with Crippen molar-refractivity contribution in [1.82, 2.24) is 20.5 Å². The summed E-state index contributed by atoms with van der Waals surface area (Å²) in [6, 6.07) is 10.3. The first-order valence-electron chi connectivity index (χ1n) is 15.9. The number of hydrogen-bond donors (Lipinski definition) is 5. The third kappa shape index (κ3) is 11.3. The lowest BCUT2D eigenvalue weighted by molar-refractivity contribution is -0.129. The fourth-order valence-corrected chi connectivity index (χ4v) is 5.15. The number of benzene rings is 2. The van der Waals surface area contributed by atoms with Crippen molar-refractivity contribution in [3.8, 4) is 0 Å². The van der Waals surface area contributed by atoms with Crippen molar-refractivity contribution in [2.45, 2.75) is 90.1 Å². The van der Waals surface area contributed by atoms with E-state index in [1.165, 1.54) is 19.2 Å². The Labute approximate surface area is 265 Å². The van der Waals surface area contributed by atoms with E-state index in [1.807, 2.05) is 44.3 Å². The van der Waals surface area contributed by atoms with E-state index >= 15 is 0 Å². The molecule has 2 aromatic carbocycles. The number of hydrogen-bond acceptors (Lipinski definition) is 6. The summed E-state index contributed by atoms with van der Waals surface area (Å²) in [5.74, 6) is -1.41. The third-order valence-electron chi connectivity index (χ3n) is 7.93. The molecule has 0 spiro atoms. The third-order valence-corrected chi connectivity index (χ3v) is 7.93. The van der Waals surface area contributed by atoms with Gasteiger partial charge in [0.05, 0.1) is 12.1 Å². The van der Waals surface area contributed by atoms with Crippen LogP contribution in [-0.4, -0.2) is 60.7 Å². The highest BCUT2D eigenvalue weighted by Gasteiger charge is 2.25. The van der Waals surface area contributed by atoms with Gasteiger partial charge in [-0.3, -0.25) is 14.4 Å². The average Bonchev–Trinajstić information content (AvgIpc) is 3.37. The smallest absolute Gasteiger partial charge is 0.246 e. The van der Waals surface area contributed by atoms with Crippen LogP contribution in [0.2, 0.25) is 0 Å². The quantitative estimate of drug-likeness (QED) is 0.129. The minimum atomic E-state index is -0.918. The molecule has 246 valence electrons. The van der Waals surface area contributed by atoms with E-state index in [-0.39, 0.29) is 43.2 Å². The van der Waals surface area contributed by atoms with Gasteiger partial charge in [0.15, 0.2) is 0 Å². The van der Waals surface area contributed by atoms with Gasteiger partial charge in [0.2, 0.25) is 17.7 Å². The summed E-state index contributed by atoms with van der Waals surface area (Å²) in [7, 11) is 1.51. The molecule has 45 heavy (non-hydrogen) atoms. The fraction of sp³-hybridized carbons (Fsp3) is 0.500. The summed E-state index contributed by atoms with van der Waals surface area (Å²) in [4.78, 5) is 38.2. The van der Waals surface area contributed by atoms with Crippen LogP contribution in [-0.2, 0) is 45.1 Å². The lowest BCUT2D eigenvalue weighted by Gasteiger charge is -2.20. The number of aryl methyl sites for hydroxylation is 1. The van der Waals surface area contributed by atoms with E-state index in [1.54, 1.807) is 6.07 Å². The second kappa shape index (κ2) is 18.2. The Morgan fingerprint density at radius 2 is 1.76 bits per heavy atom. The number of halogens is 1. The van der Waals surface area contributed by atoms with Gasteiger partial charge >= 0.3 is 0 Å². The van der Waals surface area contributed by atoms with Gasteiger partial charge in [-0.1, -0.05) is 44.0 Å². The minimum absolute atomic E-state index is 0.00303. The van der Waals surface area contributed by atoms with Crippen LogP contribution in [0.1, 0.15) is 62.6 Å². The highest BCUT2D eigenvalue weighted by Crippen LogP contribution is 2.25. The van der Waals surface area contributed by atoms with Crippen molar-refractivity contribution < 1.29 is 23.5 Å². The topological polar surface area (TPSA) is 154 Å². The van der Waals surface area contributed by atoms with Gasteiger partial charge in [-0.2, -0.15) is 0 Å². The molecule has 0 saturated heterocycles. The van der Waals surface area contributed by atoms with E-state index in [0.717, 1.165) is 60.9 Å². The van der Waals surface area contributed by atoms with Crippen molar-refractivity contribution in [1.29, 1.82) is 0 Å². The van der Waals surface area contributed by atoms with Crippen molar-refractivity contribution in [3.63, 3.8) is 0 Å². The van der Waals surface area contributed by atoms with E-state index in [0.29, 0.717) is 18.5 Å². The summed E-state index contributed by atoms with van der Waals surface area (Å²) in [5.41, 5.74) is 15.2. The molecular formula is C34H49FN6O4. The van der Waals surface area contributed by atoms with Crippen LogP contribution < -0.4 is 27.4 Å². The highest BCUT2D eigenvalue weighted by atomic mass is 19.1. The van der Waals surface area contributed by atoms with Crippen LogP contribution in [0.25, 0.3) is 10.9 Å². The Bertz CT molecular complexity index is 1410. The Hall–Kier alpha value is -3.80. The number of nitrogens with zero attached hydrogens (tertiary/aromatic N) is 1. The average molecular weight is 625 g/mol. The molecular weight excluding hydrogens is 575 g/mol. The largest absolute Gasteiger partial charge is 0.369 e. The number of amides is 3. The molecule has 1 aromatic heterocycles. The van der Waals surface area contributed by atoms with Crippen LogP contribution in [0.4, 0.5) is 4.39 Å². The first-order valence-corrected chi connectivity index (χ1v) is 15.9. The molecule has 0 aliphatic rings. The molecule has 11 heteroatoms. The van der Waals surface area contributed by atoms with E-state index in [4.69, 9.17) is 16.2 Å². The zero-order valence-corrected chi connectivity index (χ0v) is 26.7. The summed E-state index contributed by atoms with van der Waals surface area (Å²) < 4.78 is 21.8. The van der Waals surface area contributed by atoms with Gasteiger partial charge < -0.3 is 36.7 Å². The van der Waals surface area contributed by atoms with E-state index in [2.05, 4.69) is 20.5 Å². The standard InChI is InChI=1S/C34H49FN6O4/c1-4-23(2)45-22-32(42)39-20-25-11-9-10-24(16-25)17-29(37)33(43)40-30(34(44)38-3)18-26-21-41(15-8-6-5-7-14-36)31-13-12-27(35)19-28(26)31/h9-13,16,19,21,23,29-30H,4-8,14-15,17-18,20,22,36-37H2,1-3H3,(H,38,44)(H,39,42)(H,40,43)/t23?,29?,30-/m0/s1. The second-order valence-electron chi connectivity index (χ2n) is 11.5. The number of nitrogens with two attached hydrogens (primary N) is 2. The molecule has 0 bridgehead atoms. The number of fused-ring (bicyclic) bond motifs is 1. The monoisotopic (exact) mass is 624 g/mol. The Balaban J connectivity index is 1.65. The number of unbranched alkanes of at least 4 members (excludes halogenated alkanes) is 3. The molecule has 0 radical (unpaired) electrons. The molecule has 0 aliphatic heterocycles. The molecule has 7 N–H and O–H groups in total. The lowest BCUT2D eigenvalue weighted by atomic mass is 10.0. The number of carbonyl (C=O) groups is 3. The number of aromatic nitrogens is 1. The maximum atomic E-state index is 14.3. The van der Waals surface area contributed by atoms with Crippen molar-refractivity contribution >= 4 is 28.6 Å². The predicted octanol–water partition coefficient (Wildman–Crippen LogP) is 3.07. The van der Waals surface area contributed by atoms with E-state index in [9.17, 15) is 18.8 Å². The molecule has 0 fully saturated rings. The van der Waals surface area contributed by atoms with Crippen molar-refractivity contribution in [2.75, 3.05) is 20.2 Å². The maximum absolute atomic E-state index is 14.3. The summed E-state index contributed by atoms with van der Waals surface area (Å²) >= 11 is 0. The zero-order chi connectivity index (χ0) is 32.8. The normalized spacial score (nSPS) is 13.3. The molecule has 3 rings (SSSR count). The first kappa shape index (κ1) is 35.7. The first-order chi connectivity index (χ1) is 21.6. The zero-order valence-electron chi connectivity index (χ0n) is 26.7. The SMILES string of the molecule is CCC(C)OCC(=O)NCc1cccc(CC(N)C(=O)N[C@@H](Cc2cn(CCCCCCN)c3ccc(F)cc23)C(=O)NC)c1. The molecule has 3 atom stereocenters. The number of nitrogens with one attached hydrogen (secondary N) is 3. The Morgan fingerprint density at radius 3 is 2.49 bits per heavy atom. The maximum Gasteiger partial charge on any atom is 0.246 e. The summed E-state index contributed by atoms with van der Waals surface area (Å²) in [6.07, 6.45) is 7.21. The Kier molecular flexibility index (Phi) is 14.5. The number of ether oxygens (including phenoxy) is 1. The lowest BCUT2D eigenvalue weighted by Crippen LogP contribution is -2.52. The molecule has 1 heterocycles. The van der Waals surface area contributed by atoms with Crippen LogP contribution in [0, 0.1) is 5.82 Å². The van der Waals surface area contributed by atoms with Gasteiger partial charge in [0, 0.05) is 43.7 Å². The predicted molar refractivity (Wildman–Crippen MR) is 175 cm³/mol. The molecule has 0 saturated carbocycles. The van der Waals surface area contributed by atoms with Crippen molar-refractivity contribution in [2.24, 2.45) is 11.5 Å². The summed E-state index contributed by atoms with van der Waals surface area (Å²) in [6.45, 7) is 5.65. The van der Waals surface area contributed by atoms with Gasteiger partial charge in [0.25, 0.3) is 0 Å². The Morgan fingerprint density at radius 1 is 1.00 bits per heavy atom. The fourth-order valence-electron chi connectivity index (χ4n) is 5.15. The van der Waals surface area contributed by atoms with Crippen molar-refractivity contribution in [3.05, 3.63) is 71.2 Å².